The normalized spacial score (nSPS) is 20.9. The molecule has 2 amide bonds. The minimum atomic E-state index is -0.312. The van der Waals surface area contributed by atoms with Gasteiger partial charge in [0, 0.05) is 30.1 Å². The Morgan fingerprint density at radius 2 is 1.81 bits per heavy atom. The van der Waals surface area contributed by atoms with E-state index in [2.05, 4.69) is 0 Å². The van der Waals surface area contributed by atoms with Crippen molar-refractivity contribution in [1.82, 2.24) is 4.90 Å². The van der Waals surface area contributed by atoms with Gasteiger partial charge in [-0.15, -0.1) is 11.8 Å². The van der Waals surface area contributed by atoms with Crippen molar-refractivity contribution in [3.63, 3.8) is 0 Å². The second-order valence-electron chi connectivity index (χ2n) is 7.91. The van der Waals surface area contributed by atoms with Crippen LogP contribution in [0, 0.1) is 5.92 Å². The Balaban J connectivity index is 1.50. The SMILES string of the molecule is COc1ccc([C@H]2CCCN2C(=O)[C@@H]2CC(=O)N(c3ccc(SC)cc3)C2)cc1OC. The second kappa shape index (κ2) is 9.22. The maximum Gasteiger partial charge on any atom is 0.228 e. The van der Waals surface area contributed by atoms with Crippen LogP contribution in [0.1, 0.15) is 30.9 Å². The lowest BCUT2D eigenvalue weighted by Crippen LogP contribution is -2.37. The van der Waals surface area contributed by atoms with Gasteiger partial charge in [0.05, 0.1) is 26.2 Å². The highest BCUT2D eigenvalue weighted by atomic mass is 32.2. The fourth-order valence-electron chi connectivity index (χ4n) is 4.56. The number of benzene rings is 2. The van der Waals surface area contributed by atoms with E-state index >= 15 is 0 Å². The monoisotopic (exact) mass is 440 g/mol. The number of methoxy groups -OCH3 is 2. The van der Waals surface area contributed by atoms with Crippen molar-refractivity contribution in [3.8, 4) is 11.5 Å². The molecule has 0 spiro atoms. The average molecular weight is 441 g/mol. The van der Waals surface area contributed by atoms with Crippen molar-refractivity contribution in [2.75, 3.05) is 38.5 Å². The molecule has 0 saturated carbocycles. The van der Waals surface area contributed by atoms with Gasteiger partial charge >= 0.3 is 0 Å². The van der Waals surface area contributed by atoms with E-state index < -0.39 is 0 Å². The summed E-state index contributed by atoms with van der Waals surface area (Å²) in [6.45, 7) is 1.15. The first-order valence-corrected chi connectivity index (χ1v) is 11.7. The molecule has 4 rings (SSSR count). The molecule has 2 heterocycles. The molecule has 2 aliphatic rings. The van der Waals surface area contributed by atoms with Gasteiger partial charge in [-0.1, -0.05) is 6.07 Å². The molecule has 2 saturated heterocycles. The van der Waals surface area contributed by atoms with Crippen LogP contribution in [0.4, 0.5) is 5.69 Å². The maximum absolute atomic E-state index is 13.4. The summed E-state index contributed by atoms with van der Waals surface area (Å²) in [7, 11) is 3.23. The molecule has 2 fully saturated rings. The summed E-state index contributed by atoms with van der Waals surface area (Å²) in [5, 5.41) is 0. The Labute approximate surface area is 187 Å². The molecule has 2 aliphatic heterocycles. The lowest BCUT2D eigenvalue weighted by atomic mass is 10.0. The molecule has 0 bridgehead atoms. The first kappa shape index (κ1) is 21.6. The number of thioether (sulfide) groups is 1. The van der Waals surface area contributed by atoms with Gasteiger partial charge in [-0.05, 0) is 61.1 Å². The zero-order valence-corrected chi connectivity index (χ0v) is 19.0. The van der Waals surface area contributed by atoms with E-state index in [1.165, 1.54) is 0 Å². The van der Waals surface area contributed by atoms with E-state index in [4.69, 9.17) is 9.47 Å². The molecule has 0 unspecified atom stereocenters. The van der Waals surface area contributed by atoms with Crippen LogP contribution in [-0.2, 0) is 9.59 Å². The van der Waals surface area contributed by atoms with E-state index in [9.17, 15) is 9.59 Å². The quantitative estimate of drug-likeness (QED) is 0.632. The smallest absolute Gasteiger partial charge is 0.228 e. The number of carbonyl (C=O) groups excluding carboxylic acids is 2. The van der Waals surface area contributed by atoms with E-state index in [-0.39, 0.29) is 30.2 Å². The van der Waals surface area contributed by atoms with Gasteiger partial charge in [0.2, 0.25) is 11.8 Å². The molecule has 2 atom stereocenters. The fourth-order valence-corrected chi connectivity index (χ4v) is 4.96. The number of rotatable bonds is 6. The number of carbonyl (C=O) groups is 2. The number of hydrogen-bond donors (Lipinski definition) is 0. The highest BCUT2D eigenvalue weighted by Crippen LogP contribution is 2.38. The summed E-state index contributed by atoms with van der Waals surface area (Å²) < 4.78 is 10.8. The van der Waals surface area contributed by atoms with Gasteiger partial charge < -0.3 is 19.3 Å². The van der Waals surface area contributed by atoms with Crippen LogP contribution in [0.15, 0.2) is 47.4 Å². The van der Waals surface area contributed by atoms with Crippen molar-refractivity contribution in [3.05, 3.63) is 48.0 Å². The minimum Gasteiger partial charge on any atom is -0.493 e. The maximum atomic E-state index is 13.4. The number of amides is 2. The van der Waals surface area contributed by atoms with Crippen molar-refractivity contribution in [2.45, 2.75) is 30.2 Å². The van der Waals surface area contributed by atoms with Gasteiger partial charge in [0.15, 0.2) is 11.5 Å². The topological polar surface area (TPSA) is 59.1 Å². The largest absolute Gasteiger partial charge is 0.493 e. The Morgan fingerprint density at radius 3 is 2.48 bits per heavy atom. The summed E-state index contributed by atoms with van der Waals surface area (Å²) in [6, 6.07) is 13.8. The van der Waals surface area contributed by atoms with Crippen LogP contribution in [0.25, 0.3) is 0 Å². The van der Waals surface area contributed by atoms with Crippen LogP contribution in [0.3, 0.4) is 0 Å². The molecule has 2 aromatic rings. The number of hydrogen-bond acceptors (Lipinski definition) is 5. The summed E-state index contributed by atoms with van der Waals surface area (Å²) >= 11 is 1.67. The molecule has 7 heteroatoms. The van der Waals surface area contributed by atoms with Gasteiger partial charge in [0.25, 0.3) is 0 Å². The minimum absolute atomic E-state index is 0.00248. The van der Waals surface area contributed by atoms with Gasteiger partial charge in [-0.2, -0.15) is 0 Å². The zero-order valence-electron chi connectivity index (χ0n) is 18.2. The summed E-state index contributed by atoms with van der Waals surface area (Å²) in [5.74, 6) is 1.10. The van der Waals surface area contributed by atoms with Crippen LogP contribution < -0.4 is 14.4 Å². The molecule has 0 aliphatic carbocycles. The molecule has 0 aromatic heterocycles. The molecule has 31 heavy (non-hydrogen) atoms. The second-order valence-corrected chi connectivity index (χ2v) is 8.79. The highest BCUT2D eigenvalue weighted by Gasteiger charge is 2.40. The van der Waals surface area contributed by atoms with E-state index in [0.717, 1.165) is 29.0 Å². The first-order valence-electron chi connectivity index (χ1n) is 10.5. The van der Waals surface area contributed by atoms with Crippen molar-refractivity contribution < 1.29 is 19.1 Å². The van der Waals surface area contributed by atoms with E-state index in [1.54, 1.807) is 30.9 Å². The Kier molecular flexibility index (Phi) is 6.41. The highest BCUT2D eigenvalue weighted by molar-refractivity contribution is 7.98. The van der Waals surface area contributed by atoms with Gasteiger partial charge in [-0.25, -0.2) is 0 Å². The number of ether oxygens (including phenoxy) is 2. The van der Waals surface area contributed by atoms with Gasteiger partial charge in [-0.3, -0.25) is 9.59 Å². The zero-order chi connectivity index (χ0) is 22.0. The molecular formula is C24H28N2O4S. The first-order chi connectivity index (χ1) is 15.0. The van der Waals surface area contributed by atoms with Crippen molar-refractivity contribution >= 4 is 29.3 Å². The molecular weight excluding hydrogens is 412 g/mol. The lowest BCUT2D eigenvalue weighted by Gasteiger charge is -2.28. The Bertz CT molecular complexity index is 963. The Morgan fingerprint density at radius 1 is 1.06 bits per heavy atom. The summed E-state index contributed by atoms with van der Waals surface area (Å²) in [5.41, 5.74) is 1.90. The molecule has 0 radical (unpaired) electrons. The summed E-state index contributed by atoms with van der Waals surface area (Å²) in [6.07, 6.45) is 4.14. The summed E-state index contributed by atoms with van der Waals surface area (Å²) in [4.78, 5) is 30.9. The van der Waals surface area contributed by atoms with Crippen LogP contribution in [0.5, 0.6) is 11.5 Å². The molecule has 0 N–H and O–H groups in total. The number of anilines is 1. The number of nitrogens with zero attached hydrogens (tertiary/aromatic N) is 2. The molecule has 6 nitrogen and oxygen atoms in total. The number of likely N-dealkylation sites (tertiary alicyclic amines) is 1. The standard InChI is InChI=1S/C24H28N2O4S/c1-29-21-11-6-16(13-22(21)30-2)20-5-4-12-25(20)24(28)17-14-23(27)26(15-17)18-7-9-19(31-3)10-8-18/h6-11,13,17,20H,4-5,12,14-15H2,1-3H3/t17-,20-/m1/s1. The molecule has 164 valence electrons. The predicted octanol–water partition coefficient (Wildman–Crippen LogP) is 4.14. The van der Waals surface area contributed by atoms with Crippen molar-refractivity contribution in [1.29, 1.82) is 0 Å². The third-order valence-electron chi connectivity index (χ3n) is 6.19. The van der Waals surface area contributed by atoms with Crippen LogP contribution in [0.2, 0.25) is 0 Å². The van der Waals surface area contributed by atoms with E-state index in [1.807, 2.05) is 53.6 Å². The average Bonchev–Trinajstić information content (AvgIpc) is 3.45. The third kappa shape index (κ3) is 4.24. The lowest BCUT2D eigenvalue weighted by molar-refractivity contribution is -0.136. The van der Waals surface area contributed by atoms with Gasteiger partial charge in [0.1, 0.15) is 0 Å². The predicted molar refractivity (Wildman–Crippen MR) is 122 cm³/mol. The fraction of sp³-hybridized carbons (Fsp3) is 0.417. The Hall–Kier alpha value is -2.67. The third-order valence-corrected chi connectivity index (χ3v) is 6.93. The van der Waals surface area contributed by atoms with Crippen LogP contribution >= 0.6 is 11.8 Å². The van der Waals surface area contributed by atoms with E-state index in [0.29, 0.717) is 24.6 Å². The van der Waals surface area contributed by atoms with Crippen LogP contribution in [-0.4, -0.2) is 50.3 Å². The molecule has 2 aromatic carbocycles. The van der Waals surface area contributed by atoms with Crippen molar-refractivity contribution in [2.24, 2.45) is 5.92 Å².